The molecule has 24 heavy (non-hydrogen) atoms. The van der Waals surface area contributed by atoms with E-state index in [0.717, 1.165) is 61.8 Å². The molecular formula is C19H27ClN2O2. The summed E-state index contributed by atoms with van der Waals surface area (Å²) in [6.45, 7) is 5.77. The van der Waals surface area contributed by atoms with Crippen molar-refractivity contribution in [1.29, 1.82) is 0 Å². The normalized spacial score (nSPS) is 22.8. The molecule has 2 unspecified atom stereocenters. The van der Waals surface area contributed by atoms with Crippen LogP contribution < -0.4 is 10.1 Å². The van der Waals surface area contributed by atoms with E-state index in [-0.39, 0.29) is 5.92 Å². The van der Waals surface area contributed by atoms with Gasteiger partial charge in [0.25, 0.3) is 0 Å². The van der Waals surface area contributed by atoms with Crippen LogP contribution >= 0.6 is 11.6 Å². The van der Waals surface area contributed by atoms with Crippen molar-refractivity contribution in [3.8, 4) is 5.75 Å². The number of hydrogen-bond acceptors (Lipinski definition) is 3. The van der Waals surface area contributed by atoms with Gasteiger partial charge in [-0.15, -0.1) is 0 Å². The summed E-state index contributed by atoms with van der Waals surface area (Å²) in [6, 6.07) is 5.77. The molecule has 0 aromatic heterocycles. The molecule has 2 atom stereocenters. The molecule has 0 aliphatic carbocycles. The summed E-state index contributed by atoms with van der Waals surface area (Å²) in [4.78, 5) is 14.8. The summed E-state index contributed by atoms with van der Waals surface area (Å²) in [5.41, 5.74) is 1.14. The number of hydrogen-bond donors (Lipinski definition) is 1. The van der Waals surface area contributed by atoms with Crippen LogP contribution in [0.3, 0.4) is 0 Å². The summed E-state index contributed by atoms with van der Waals surface area (Å²) in [5, 5.41) is 4.00. The maximum absolute atomic E-state index is 12.8. The van der Waals surface area contributed by atoms with Crippen molar-refractivity contribution >= 4 is 17.5 Å². The lowest BCUT2D eigenvalue weighted by molar-refractivity contribution is -0.139. The quantitative estimate of drug-likeness (QED) is 0.887. The fourth-order valence-corrected chi connectivity index (χ4v) is 4.00. The van der Waals surface area contributed by atoms with Gasteiger partial charge in [0.05, 0.1) is 7.11 Å². The van der Waals surface area contributed by atoms with Gasteiger partial charge < -0.3 is 15.0 Å². The highest BCUT2D eigenvalue weighted by atomic mass is 35.5. The van der Waals surface area contributed by atoms with E-state index >= 15 is 0 Å². The van der Waals surface area contributed by atoms with Crippen LogP contribution in [0.5, 0.6) is 5.75 Å². The smallest absolute Gasteiger partial charge is 0.225 e. The fourth-order valence-electron chi connectivity index (χ4n) is 3.80. The third-order valence-electron chi connectivity index (χ3n) is 5.49. The van der Waals surface area contributed by atoms with E-state index in [2.05, 4.69) is 17.1 Å². The summed E-state index contributed by atoms with van der Waals surface area (Å²) in [7, 11) is 1.69. The molecule has 0 radical (unpaired) electrons. The molecule has 1 N–H and O–H groups in total. The minimum atomic E-state index is 0.130. The Hall–Kier alpha value is -1.26. The first-order valence-electron chi connectivity index (χ1n) is 8.90. The third-order valence-corrected chi connectivity index (χ3v) is 5.73. The van der Waals surface area contributed by atoms with Gasteiger partial charge in [0, 0.05) is 24.0 Å². The number of piperidine rings is 1. The number of methoxy groups -OCH3 is 1. The van der Waals surface area contributed by atoms with E-state index in [4.69, 9.17) is 16.3 Å². The highest BCUT2D eigenvalue weighted by molar-refractivity contribution is 6.30. The van der Waals surface area contributed by atoms with E-state index in [1.54, 1.807) is 7.11 Å². The molecule has 3 rings (SSSR count). The van der Waals surface area contributed by atoms with Crippen LogP contribution in [0, 0.1) is 17.8 Å². The first-order valence-corrected chi connectivity index (χ1v) is 9.28. The largest absolute Gasteiger partial charge is 0.496 e. The molecule has 5 heteroatoms. The molecule has 2 aliphatic rings. The van der Waals surface area contributed by atoms with E-state index in [0.29, 0.717) is 17.7 Å². The molecule has 4 nitrogen and oxygen atoms in total. The van der Waals surface area contributed by atoms with Gasteiger partial charge in [-0.05, 0) is 68.0 Å². The van der Waals surface area contributed by atoms with Crippen molar-refractivity contribution in [3.05, 3.63) is 28.8 Å². The maximum atomic E-state index is 12.8. The van der Waals surface area contributed by atoms with Crippen LogP contribution in [0.4, 0.5) is 0 Å². The van der Waals surface area contributed by atoms with Gasteiger partial charge in [-0.2, -0.15) is 0 Å². The van der Waals surface area contributed by atoms with Gasteiger partial charge in [0.15, 0.2) is 0 Å². The van der Waals surface area contributed by atoms with Gasteiger partial charge in [-0.25, -0.2) is 0 Å². The zero-order valence-corrected chi connectivity index (χ0v) is 15.3. The van der Waals surface area contributed by atoms with E-state index in [1.807, 2.05) is 18.2 Å². The second-order valence-electron chi connectivity index (χ2n) is 7.16. The monoisotopic (exact) mass is 350 g/mol. The lowest BCUT2D eigenvalue weighted by Gasteiger charge is -2.38. The van der Waals surface area contributed by atoms with Gasteiger partial charge in [-0.1, -0.05) is 18.5 Å². The van der Waals surface area contributed by atoms with Crippen molar-refractivity contribution in [3.63, 3.8) is 0 Å². The number of carbonyl (C=O) groups is 1. The number of ether oxygens (including phenoxy) is 1. The number of likely N-dealkylation sites (tertiary alicyclic amines) is 1. The molecular weight excluding hydrogens is 324 g/mol. The Morgan fingerprint density at radius 2 is 2.25 bits per heavy atom. The Labute approximate surface area is 149 Å². The zero-order chi connectivity index (χ0) is 17.1. The predicted molar refractivity (Wildman–Crippen MR) is 96.5 cm³/mol. The Bertz CT molecular complexity index is 589. The Kier molecular flexibility index (Phi) is 5.67. The number of nitrogens with one attached hydrogen (secondary N) is 1. The van der Waals surface area contributed by atoms with Crippen LogP contribution in [-0.2, 0) is 11.2 Å². The van der Waals surface area contributed by atoms with Crippen molar-refractivity contribution < 1.29 is 9.53 Å². The molecule has 0 spiro atoms. The van der Waals surface area contributed by atoms with E-state index in [1.165, 1.54) is 0 Å². The van der Waals surface area contributed by atoms with Crippen LogP contribution in [0.1, 0.15) is 25.3 Å². The van der Waals surface area contributed by atoms with Crippen molar-refractivity contribution in [2.24, 2.45) is 17.8 Å². The topological polar surface area (TPSA) is 41.6 Å². The Morgan fingerprint density at radius 1 is 1.46 bits per heavy atom. The average Bonchev–Trinajstić information content (AvgIpc) is 2.53. The molecule has 0 bridgehead atoms. The number of amides is 1. The van der Waals surface area contributed by atoms with Crippen LogP contribution in [0.15, 0.2) is 18.2 Å². The molecule has 1 amide bonds. The number of carbonyl (C=O) groups excluding carboxylic acids is 1. The van der Waals surface area contributed by atoms with Crippen molar-refractivity contribution in [2.45, 2.75) is 26.2 Å². The minimum Gasteiger partial charge on any atom is -0.496 e. The summed E-state index contributed by atoms with van der Waals surface area (Å²) in [6.07, 6.45) is 3.14. The van der Waals surface area contributed by atoms with Gasteiger partial charge >= 0.3 is 0 Å². The number of benzene rings is 1. The van der Waals surface area contributed by atoms with Crippen LogP contribution in [-0.4, -0.2) is 44.1 Å². The van der Waals surface area contributed by atoms with E-state index in [9.17, 15) is 4.79 Å². The first kappa shape index (κ1) is 17.6. The van der Waals surface area contributed by atoms with Gasteiger partial charge in [-0.3, -0.25) is 4.79 Å². The fraction of sp³-hybridized carbons (Fsp3) is 0.632. The highest BCUT2D eigenvalue weighted by Gasteiger charge is 2.33. The summed E-state index contributed by atoms with van der Waals surface area (Å²) >= 11 is 6.14. The van der Waals surface area contributed by atoms with Gasteiger partial charge in [0.2, 0.25) is 5.91 Å². The molecule has 1 aromatic rings. The molecule has 132 valence electrons. The van der Waals surface area contributed by atoms with Crippen LogP contribution in [0.2, 0.25) is 5.02 Å². The standard InChI is InChI=1S/C19H27ClN2O2/c1-13(16-10-21-11-16)19(23)22-7-3-4-14(12-22)8-15-9-17(20)5-6-18(15)24-2/h5-6,9,13-14,16,21H,3-4,7-8,10-12H2,1-2H3. The first-order chi connectivity index (χ1) is 11.6. The minimum absolute atomic E-state index is 0.130. The molecule has 0 saturated carbocycles. The predicted octanol–water partition coefficient (Wildman–Crippen LogP) is 2.99. The molecule has 2 fully saturated rings. The zero-order valence-electron chi connectivity index (χ0n) is 14.6. The number of halogens is 1. The second-order valence-corrected chi connectivity index (χ2v) is 7.60. The lowest BCUT2D eigenvalue weighted by Crippen LogP contribution is -2.52. The molecule has 2 saturated heterocycles. The second kappa shape index (κ2) is 7.75. The van der Waals surface area contributed by atoms with Crippen molar-refractivity contribution in [1.82, 2.24) is 10.2 Å². The van der Waals surface area contributed by atoms with E-state index < -0.39 is 0 Å². The molecule has 1 aromatic carbocycles. The third kappa shape index (κ3) is 3.86. The summed E-state index contributed by atoms with van der Waals surface area (Å²) in [5.74, 6) is 2.32. The Morgan fingerprint density at radius 3 is 2.92 bits per heavy atom. The molecule has 2 heterocycles. The average molecular weight is 351 g/mol. The Balaban J connectivity index is 1.63. The van der Waals surface area contributed by atoms with Gasteiger partial charge in [0.1, 0.15) is 5.75 Å². The number of rotatable bonds is 5. The maximum Gasteiger partial charge on any atom is 0.225 e. The highest BCUT2D eigenvalue weighted by Crippen LogP contribution is 2.29. The van der Waals surface area contributed by atoms with Crippen molar-refractivity contribution in [2.75, 3.05) is 33.3 Å². The molecule has 2 aliphatic heterocycles. The SMILES string of the molecule is COc1ccc(Cl)cc1CC1CCCN(C(=O)C(C)C2CNC2)C1. The summed E-state index contributed by atoms with van der Waals surface area (Å²) < 4.78 is 5.46. The number of nitrogens with zero attached hydrogens (tertiary/aromatic N) is 1. The van der Waals surface area contributed by atoms with Crippen LogP contribution in [0.25, 0.3) is 0 Å². The lowest BCUT2D eigenvalue weighted by atomic mass is 9.86.